The molecule has 3 aromatic heterocycles. The Balaban J connectivity index is 1.40. The second kappa shape index (κ2) is 9.79. The van der Waals surface area contributed by atoms with Crippen LogP contribution in [0, 0.1) is 5.82 Å². The van der Waals surface area contributed by atoms with Gasteiger partial charge in [-0.15, -0.1) is 0 Å². The van der Waals surface area contributed by atoms with Gasteiger partial charge in [-0.3, -0.25) is 13.8 Å². The monoisotopic (exact) mass is 466 g/mol. The number of halogens is 2. The maximum Gasteiger partial charge on any atom is 0.165 e. The lowest BCUT2D eigenvalue weighted by Crippen LogP contribution is -2.26. The quantitative estimate of drug-likeness (QED) is 0.357. The molecule has 0 spiro atoms. The Morgan fingerprint density at radius 2 is 1.97 bits per heavy atom. The standard InChI is InChI=1S/C25H28F2N6O/c1-32-16-17(14-30-32)25-20-15-29-24(28-12-4-11-26)13-22(20)33(31-25)18-7-9-19(10-8-18)34-23-6-3-2-5-21(23)27/h2-3,5-6,13-16,18-19H,4,7-12H2,1H3,(H,28,29)/t18-,19+. The highest BCUT2D eigenvalue weighted by Gasteiger charge is 2.27. The number of rotatable bonds is 8. The molecule has 1 N–H and O–H groups in total. The molecule has 0 saturated heterocycles. The summed E-state index contributed by atoms with van der Waals surface area (Å²) in [5.74, 6) is 0.685. The Morgan fingerprint density at radius 1 is 1.15 bits per heavy atom. The van der Waals surface area contributed by atoms with Crippen molar-refractivity contribution in [2.75, 3.05) is 18.5 Å². The third-order valence-electron chi connectivity index (χ3n) is 6.31. The molecule has 0 aliphatic heterocycles. The number of ether oxygens (including phenoxy) is 1. The number of benzene rings is 1. The van der Waals surface area contributed by atoms with E-state index in [1.54, 1.807) is 29.1 Å². The fourth-order valence-electron chi connectivity index (χ4n) is 4.57. The molecule has 0 atom stereocenters. The van der Waals surface area contributed by atoms with E-state index in [2.05, 4.69) is 20.1 Å². The number of para-hydroxylation sites is 1. The number of pyridine rings is 1. The van der Waals surface area contributed by atoms with Crippen LogP contribution >= 0.6 is 0 Å². The molecule has 9 heteroatoms. The highest BCUT2D eigenvalue weighted by Crippen LogP contribution is 2.36. The van der Waals surface area contributed by atoms with E-state index in [9.17, 15) is 8.78 Å². The number of anilines is 1. The first-order valence-corrected chi connectivity index (χ1v) is 11.7. The average Bonchev–Trinajstić information content (AvgIpc) is 3.44. The van der Waals surface area contributed by atoms with Crippen LogP contribution in [0.15, 0.2) is 48.9 Å². The van der Waals surface area contributed by atoms with E-state index in [0.29, 0.717) is 24.5 Å². The summed E-state index contributed by atoms with van der Waals surface area (Å²) in [6.45, 7) is 0.160. The fraction of sp³-hybridized carbons (Fsp3) is 0.400. The van der Waals surface area contributed by atoms with Gasteiger partial charge in [-0.1, -0.05) is 12.1 Å². The van der Waals surface area contributed by atoms with E-state index in [0.717, 1.165) is 47.8 Å². The number of nitrogens with one attached hydrogen (secondary N) is 1. The molecule has 3 heterocycles. The molecule has 178 valence electrons. The van der Waals surface area contributed by atoms with Crippen molar-refractivity contribution < 1.29 is 13.5 Å². The van der Waals surface area contributed by atoms with Crippen molar-refractivity contribution in [1.82, 2.24) is 24.5 Å². The Labute approximate surface area is 196 Å². The van der Waals surface area contributed by atoms with Crippen molar-refractivity contribution in [3.8, 4) is 17.0 Å². The number of aryl methyl sites for hydroxylation is 1. The van der Waals surface area contributed by atoms with Gasteiger partial charge in [0.25, 0.3) is 0 Å². The first kappa shape index (κ1) is 22.3. The summed E-state index contributed by atoms with van der Waals surface area (Å²) in [7, 11) is 1.88. The molecule has 1 aliphatic rings. The minimum absolute atomic E-state index is 0.0210. The average molecular weight is 467 g/mol. The fourth-order valence-corrected chi connectivity index (χ4v) is 4.57. The van der Waals surface area contributed by atoms with Gasteiger partial charge in [0, 0.05) is 43.0 Å². The van der Waals surface area contributed by atoms with Crippen LogP contribution in [0.25, 0.3) is 22.2 Å². The topological polar surface area (TPSA) is 69.8 Å². The van der Waals surface area contributed by atoms with Crippen molar-refractivity contribution in [3.63, 3.8) is 0 Å². The molecule has 1 aliphatic carbocycles. The summed E-state index contributed by atoms with van der Waals surface area (Å²) in [5.41, 5.74) is 2.76. The number of aromatic nitrogens is 5. The molecule has 1 aromatic carbocycles. The molecule has 7 nitrogen and oxygen atoms in total. The Hall–Kier alpha value is -3.49. The molecule has 0 bridgehead atoms. The van der Waals surface area contributed by atoms with Gasteiger partial charge in [-0.05, 0) is 44.2 Å². The summed E-state index contributed by atoms with van der Waals surface area (Å²) >= 11 is 0. The first-order valence-electron chi connectivity index (χ1n) is 11.7. The molecular weight excluding hydrogens is 438 g/mol. The summed E-state index contributed by atoms with van der Waals surface area (Å²) in [5, 5.41) is 13.4. The number of hydrogen-bond acceptors (Lipinski definition) is 5. The van der Waals surface area contributed by atoms with Crippen molar-refractivity contribution in [1.29, 1.82) is 0 Å². The minimum Gasteiger partial charge on any atom is -0.487 e. The van der Waals surface area contributed by atoms with E-state index in [4.69, 9.17) is 9.84 Å². The summed E-state index contributed by atoms with van der Waals surface area (Å²) in [4.78, 5) is 4.53. The van der Waals surface area contributed by atoms with Crippen LogP contribution in [-0.4, -0.2) is 43.9 Å². The second-order valence-corrected chi connectivity index (χ2v) is 8.73. The van der Waals surface area contributed by atoms with Gasteiger partial charge < -0.3 is 10.1 Å². The zero-order chi connectivity index (χ0) is 23.5. The van der Waals surface area contributed by atoms with Gasteiger partial charge in [0.1, 0.15) is 11.5 Å². The maximum atomic E-state index is 14.0. The number of nitrogens with zero attached hydrogens (tertiary/aromatic N) is 5. The Kier molecular flexibility index (Phi) is 6.42. The normalized spacial score (nSPS) is 18.3. The predicted molar refractivity (Wildman–Crippen MR) is 127 cm³/mol. The highest BCUT2D eigenvalue weighted by molar-refractivity contribution is 5.93. The summed E-state index contributed by atoms with van der Waals surface area (Å²) < 4.78 is 36.3. The van der Waals surface area contributed by atoms with Crippen LogP contribution in [0.4, 0.5) is 14.6 Å². The lowest BCUT2D eigenvalue weighted by Gasteiger charge is -2.29. The predicted octanol–water partition coefficient (Wildman–Crippen LogP) is 5.31. The number of fused-ring (bicyclic) bond motifs is 1. The van der Waals surface area contributed by atoms with Crippen LogP contribution in [0.2, 0.25) is 0 Å². The minimum atomic E-state index is -0.365. The summed E-state index contributed by atoms with van der Waals surface area (Å²) in [6.07, 6.45) is 9.36. The number of hydrogen-bond donors (Lipinski definition) is 1. The Morgan fingerprint density at radius 3 is 2.71 bits per heavy atom. The molecule has 5 rings (SSSR count). The molecular formula is C25H28F2N6O. The van der Waals surface area contributed by atoms with Crippen LogP contribution < -0.4 is 10.1 Å². The smallest absolute Gasteiger partial charge is 0.165 e. The van der Waals surface area contributed by atoms with E-state index in [-0.39, 0.29) is 24.6 Å². The third-order valence-corrected chi connectivity index (χ3v) is 6.31. The lowest BCUT2D eigenvalue weighted by molar-refractivity contribution is 0.126. The van der Waals surface area contributed by atoms with Crippen molar-refractivity contribution in [3.05, 3.63) is 54.7 Å². The van der Waals surface area contributed by atoms with Gasteiger partial charge in [0.2, 0.25) is 0 Å². The zero-order valence-electron chi connectivity index (χ0n) is 19.1. The van der Waals surface area contributed by atoms with Crippen LogP contribution in [0.1, 0.15) is 38.1 Å². The maximum absolute atomic E-state index is 14.0. The van der Waals surface area contributed by atoms with Gasteiger partial charge in [-0.2, -0.15) is 10.2 Å². The largest absolute Gasteiger partial charge is 0.487 e. The molecule has 0 unspecified atom stereocenters. The van der Waals surface area contributed by atoms with Crippen LogP contribution in [-0.2, 0) is 7.05 Å². The van der Waals surface area contributed by atoms with Crippen molar-refractivity contribution in [2.45, 2.75) is 44.2 Å². The van der Waals surface area contributed by atoms with Gasteiger partial charge in [0.05, 0.1) is 30.5 Å². The lowest BCUT2D eigenvalue weighted by atomic mass is 9.93. The third kappa shape index (κ3) is 4.60. The van der Waals surface area contributed by atoms with E-state index in [1.807, 2.05) is 25.5 Å². The molecule has 1 fully saturated rings. The Bertz CT molecular complexity index is 1260. The molecule has 4 aromatic rings. The van der Waals surface area contributed by atoms with Crippen LogP contribution in [0.5, 0.6) is 5.75 Å². The first-order chi connectivity index (χ1) is 16.6. The van der Waals surface area contributed by atoms with Gasteiger partial charge in [0.15, 0.2) is 11.6 Å². The highest BCUT2D eigenvalue weighted by atomic mass is 19.1. The number of alkyl halides is 1. The van der Waals surface area contributed by atoms with Gasteiger partial charge >= 0.3 is 0 Å². The van der Waals surface area contributed by atoms with E-state index in [1.165, 1.54) is 6.07 Å². The van der Waals surface area contributed by atoms with E-state index >= 15 is 0 Å². The molecule has 0 radical (unpaired) electrons. The molecule has 0 amide bonds. The van der Waals surface area contributed by atoms with Crippen LogP contribution in [0.3, 0.4) is 0 Å². The van der Waals surface area contributed by atoms with E-state index < -0.39 is 0 Å². The zero-order valence-corrected chi connectivity index (χ0v) is 19.1. The van der Waals surface area contributed by atoms with Crippen molar-refractivity contribution in [2.24, 2.45) is 7.05 Å². The second-order valence-electron chi connectivity index (χ2n) is 8.73. The molecule has 1 saturated carbocycles. The summed E-state index contributed by atoms with van der Waals surface area (Å²) in [6, 6.07) is 8.72. The molecule has 34 heavy (non-hydrogen) atoms. The van der Waals surface area contributed by atoms with Crippen molar-refractivity contribution >= 4 is 16.7 Å². The SMILES string of the molecule is Cn1cc(-c2nn([C@H]3CC[C@@H](Oc4ccccc4F)CC3)c3cc(NCCCF)ncc23)cn1. The van der Waals surface area contributed by atoms with Gasteiger partial charge in [-0.25, -0.2) is 9.37 Å².